The molecule has 1 aliphatic carbocycles. The molecule has 0 bridgehead atoms. The Hall–Kier alpha value is -2.53. The van der Waals surface area contributed by atoms with E-state index in [1.807, 2.05) is 31.2 Å². The van der Waals surface area contributed by atoms with Gasteiger partial charge in [0.1, 0.15) is 11.5 Å². The van der Waals surface area contributed by atoms with E-state index in [1.54, 1.807) is 0 Å². The van der Waals surface area contributed by atoms with E-state index in [1.165, 1.54) is 5.56 Å². The number of ketones is 1. The molecule has 0 aliphatic heterocycles. The van der Waals surface area contributed by atoms with Crippen LogP contribution in [0, 0.1) is 29.6 Å². The van der Waals surface area contributed by atoms with Crippen LogP contribution in [0.2, 0.25) is 0 Å². The molecule has 2 aromatic carbocycles. The number of Topliss-reactive ketones (excluding diaryl/α,β-unsaturated/α-hetero) is 1. The highest BCUT2D eigenvalue weighted by molar-refractivity contribution is 5.83. The zero-order valence-corrected chi connectivity index (χ0v) is 16.5. The van der Waals surface area contributed by atoms with Gasteiger partial charge in [0, 0.05) is 23.5 Å². The summed E-state index contributed by atoms with van der Waals surface area (Å²) in [5.74, 6) is 9.07. The summed E-state index contributed by atoms with van der Waals surface area (Å²) >= 11 is 0. The van der Waals surface area contributed by atoms with Gasteiger partial charge in [0.25, 0.3) is 0 Å². The minimum absolute atomic E-state index is 0.340. The van der Waals surface area contributed by atoms with E-state index in [0.29, 0.717) is 36.6 Å². The fourth-order valence-electron chi connectivity index (χ4n) is 3.41. The second kappa shape index (κ2) is 8.91. The van der Waals surface area contributed by atoms with Crippen molar-refractivity contribution in [2.75, 3.05) is 6.61 Å². The number of hydrogen-bond donors (Lipinski definition) is 0. The van der Waals surface area contributed by atoms with Gasteiger partial charge in [-0.2, -0.15) is 0 Å². The van der Waals surface area contributed by atoms with E-state index in [4.69, 9.17) is 4.74 Å². The first-order valence-electron chi connectivity index (χ1n) is 9.91. The quantitative estimate of drug-likeness (QED) is 0.628. The standard InChI is InChI=1S/C25H28O2/c1-4-27-23-13-11-21(12-14-23)6-5-20-7-9-22(10-8-20)15-18(2)16-25(26)24-17-19(24)3/h7-14,18-19,24H,4,15-17H2,1-3H3. The van der Waals surface area contributed by atoms with Gasteiger partial charge in [-0.3, -0.25) is 4.79 Å². The molecule has 0 aromatic heterocycles. The van der Waals surface area contributed by atoms with Crippen molar-refractivity contribution < 1.29 is 9.53 Å². The molecule has 2 heteroatoms. The maximum Gasteiger partial charge on any atom is 0.136 e. The Morgan fingerprint density at radius 1 is 1.07 bits per heavy atom. The van der Waals surface area contributed by atoms with E-state index in [9.17, 15) is 4.79 Å². The molecule has 3 atom stereocenters. The molecule has 2 nitrogen and oxygen atoms in total. The highest BCUT2D eigenvalue weighted by Gasteiger charge is 2.38. The van der Waals surface area contributed by atoms with Crippen molar-refractivity contribution in [2.24, 2.45) is 17.8 Å². The molecule has 2 aromatic rings. The summed E-state index contributed by atoms with van der Waals surface area (Å²) in [6, 6.07) is 16.2. The van der Waals surface area contributed by atoms with Crippen molar-refractivity contribution in [1.82, 2.24) is 0 Å². The molecule has 3 unspecified atom stereocenters. The smallest absolute Gasteiger partial charge is 0.136 e. The van der Waals surface area contributed by atoms with Gasteiger partial charge in [0.05, 0.1) is 6.61 Å². The van der Waals surface area contributed by atoms with E-state index in [0.717, 1.165) is 29.7 Å². The zero-order chi connectivity index (χ0) is 19.2. The summed E-state index contributed by atoms with van der Waals surface area (Å²) in [5, 5.41) is 0. The normalized spacial score (nSPS) is 18.9. The first-order chi connectivity index (χ1) is 13.0. The van der Waals surface area contributed by atoms with Crippen molar-refractivity contribution >= 4 is 5.78 Å². The molecule has 1 saturated carbocycles. The molecular weight excluding hydrogens is 332 g/mol. The third-order valence-corrected chi connectivity index (χ3v) is 5.13. The monoisotopic (exact) mass is 360 g/mol. The van der Waals surface area contributed by atoms with Crippen LogP contribution in [0.25, 0.3) is 0 Å². The van der Waals surface area contributed by atoms with Crippen molar-refractivity contribution in [2.45, 2.75) is 40.0 Å². The van der Waals surface area contributed by atoms with Crippen molar-refractivity contribution in [1.29, 1.82) is 0 Å². The molecule has 0 radical (unpaired) electrons. The molecule has 0 heterocycles. The summed E-state index contributed by atoms with van der Waals surface area (Å²) in [5.41, 5.74) is 3.25. The van der Waals surface area contributed by atoms with Crippen LogP contribution in [0.1, 0.15) is 50.3 Å². The minimum atomic E-state index is 0.340. The van der Waals surface area contributed by atoms with E-state index < -0.39 is 0 Å². The van der Waals surface area contributed by atoms with Gasteiger partial charge < -0.3 is 4.74 Å². The fourth-order valence-corrected chi connectivity index (χ4v) is 3.41. The Kier molecular flexibility index (Phi) is 6.35. The summed E-state index contributed by atoms with van der Waals surface area (Å²) < 4.78 is 5.44. The Balaban J connectivity index is 1.53. The Labute approximate surface area is 163 Å². The van der Waals surface area contributed by atoms with E-state index in [2.05, 4.69) is 50.0 Å². The number of carbonyl (C=O) groups is 1. The number of ether oxygens (including phenoxy) is 1. The maximum atomic E-state index is 12.1. The van der Waals surface area contributed by atoms with Crippen LogP contribution >= 0.6 is 0 Å². The lowest BCUT2D eigenvalue weighted by molar-refractivity contribution is -0.121. The number of rotatable bonds is 7. The van der Waals surface area contributed by atoms with Gasteiger partial charge in [-0.1, -0.05) is 37.8 Å². The van der Waals surface area contributed by atoms with Crippen molar-refractivity contribution in [3.8, 4) is 17.6 Å². The van der Waals surface area contributed by atoms with Gasteiger partial charge in [0.2, 0.25) is 0 Å². The Morgan fingerprint density at radius 3 is 2.15 bits per heavy atom. The highest BCUT2D eigenvalue weighted by atomic mass is 16.5. The predicted molar refractivity (Wildman–Crippen MR) is 110 cm³/mol. The fraction of sp³-hybridized carbons (Fsp3) is 0.400. The SMILES string of the molecule is CCOc1ccc(C#Cc2ccc(CC(C)CC(=O)C3CC3C)cc2)cc1. The lowest BCUT2D eigenvalue weighted by Crippen LogP contribution is -2.10. The minimum Gasteiger partial charge on any atom is -0.494 e. The molecule has 0 saturated heterocycles. The van der Waals surface area contributed by atoms with Gasteiger partial charge in [-0.15, -0.1) is 0 Å². The van der Waals surface area contributed by atoms with Gasteiger partial charge in [-0.05, 0) is 73.6 Å². The van der Waals surface area contributed by atoms with Crippen molar-refractivity contribution in [3.63, 3.8) is 0 Å². The molecular formula is C25H28O2. The summed E-state index contributed by atoms with van der Waals surface area (Å²) in [6.07, 6.45) is 2.74. The van der Waals surface area contributed by atoms with Crippen LogP contribution in [0.4, 0.5) is 0 Å². The van der Waals surface area contributed by atoms with Gasteiger partial charge >= 0.3 is 0 Å². The topological polar surface area (TPSA) is 26.3 Å². The van der Waals surface area contributed by atoms with Crippen LogP contribution < -0.4 is 4.74 Å². The third-order valence-electron chi connectivity index (χ3n) is 5.13. The average Bonchev–Trinajstić information content (AvgIpc) is 3.39. The molecule has 0 N–H and O–H groups in total. The Bertz CT molecular complexity index is 821. The number of benzene rings is 2. The average molecular weight is 360 g/mol. The second-order valence-electron chi connectivity index (χ2n) is 7.70. The van der Waals surface area contributed by atoms with Crippen molar-refractivity contribution in [3.05, 3.63) is 65.2 Å². The summed E-state index contributed by atoms with van der Waals surface area (Å²) in [4.78, 5) is 12.1. The largest absolute Gasteiger partial charge is 0.494 e. The second-order valence-corrected chi connectivity index (χ2v) is 7.70. The van der Waals surface area contributed by atoms with Crippen LogP contribution in [0.15, 0.2) is 48.5 Å². The molecule has 1 fully saturated rings. The Morgan fingerprint density at radius 2 is 1.63 bits per heavy atom. The van der Waals surface area contributed by atoms with E-state index in [-0.39, 0.29) is 0 Å². The third kappa shape index (κ3) is 5.73. The zero-order valence-electron chi connectivity index (χ0n) is 16.5. The lowest BCUT2D eigenvalue weighted by atomic mass is 9.94. The first kappa shape index (κ1) is 19.2. The maximum absolute atomic E-state index is 12.1. The van der Waals surface area contributed by atoms with Crippen LogP contribution in [0.5, 0.6) is 5.75 Å². The van der Waals surface area contributed by atoms with Gasteiger partial charge in [0.15, 0.2) is 0 Å². The molecule has 0 amide bonds. The highest BCUT2D eigenvalue weighted by Crippen LogP contribution is 2.39. The summed E-state index contributed by atoms with van der Waals surface area (Å²) in [7, 11) is 0. The molecule has 0 spiro atoms. The molecule has 27 heavy (non-hydrogen) atoms. The molecule has 140 valence electrons. The van der Waals surface area contributed by atoms with Crippen LogP contribution in [-0.2, 0) is 11.2 Å². The van der Waals surface area contributed by atoms with E-state index >= 15 is 0 Å². The van der Waals surface area contributed by atoms with Crippen LogP contribution in [-0.4, -0.2) is 12.4 Å². The van der Waals surface area contributed by atoms with Gasteiger partial charge in [-0.25, -0.2) is 0 Å². The lowest BCUT2D eigenvalue weighted by Gasteiger charge is -2.10. The first-order valence-corrected chi connectivity index (χ1v) is 9.91. The number of carbonyl (C=O) groups excluding carboxylic acids is 1. The van der Waals surface area contributed by atoms with Crippen LogP contribution in [0.3, 0.4) is 0 Å². The molecule has 1 aliphatic rings. The molecule has 3 rings (SSSR count). The summed E-state index contributed by atoms with van der Waals surface area (Å²) in [6.45, 7) is 6.98. The number of hydrogen-bond acceptors (Lipinski definition) is 2. The predicted octanol–water partition coefficient (Wildman–Crippen LogP) is 5.28.